The molecule has 1 rings (SSSR count). The van der Waals surface area contributed by atoms with Gasteiger partial charge in [0.25, 0.3) is 0 Å². The van der Waals surface area contributed by atoms with Gasteiger partial charge in [0.1, 0.15) is 0 Å². The lowest BCUT2D eigenvalue weighted by atomic mass is 10.0. The predicted molar refractivity (Wildman–Crippen MR) is 70.6 cm³/mol. The zero-order valence-electron chi connectivity index (χ0n) is 11.4. The van der Waals surface area contributed by atoms with Gasteiger partial charge < -0.3 is 5.73 Å². The van der Waals surface area contributed by atoms with Crippen LogP contribution in [0.5, 0.6) is 0 Å². The highest BCUT2D eigenvalue weighted by atomic mass is 15.3. The predicted octanol–water partition coefficient (Wildman–Crippen LogP) is 1.39. The van der Waals surface area contributed by atoms with Crippen LogP contribution >= 0.6 is 0 Å². The van der Waals surface area contributed by atoms with Gasteiger partial charge in [-0.2, -0.15) is 0 Å². The zero-order valence-corrected chi connectivity index (χ0v) is 11.4. The number of nitrogens with two attached hydrogens (primary N) is 1. The minimum atomic E-state index is 0.329. The summed E-state index contributed by atoms with van der Waals surface area (Å²) in [5.74, 6) is 0.590. The fraction of sp³-hybridized carbons (Fsp3) is 1.00. The van der Waals surface area contributed by atoms with Crippen LogP contribution in [0.1, 0.15) is 34.1 Å². The topological polar surface area (TPSA) is 32.5 Å². The fourth-order valence-corrected chi connectivity index (χ4v) is 2.15. The highest BCUT2D eigenvalue weighted by molar-refractivity contribution is 4.79. The first kappa shape index (κ1) is 13.9. The molecule has 0 spiro atoms. The third-order valence-electron chi connectivity index (χ3n) is 3.95. The molecule has 0 aromatic carbocycles. The third-order valence-corrected chi connectivity index (χ3v) is 3.95. The standard InChI is InChI=1S/C13H29N3/c1-5-12(4)16-8-6-15(7-9-16)10-13(14)11(2)3/h11-13H,5-10,14H2,1-4H3. The molecule has 1 aliphatic heterocycles. The van der Waals surface area contributed by atoms with E-state index in [-0.39, 0.29) is 0 Å². The summed E-state index contributed by atoms with van der Waals surface area (Å²) in [6, 6.07) is 1.07. The number of rotatable bonds is 5. The van der Waals surface area contributed by atoms with Crippen molar-refractivity contribution in [3.8, 4) is 0 Å². The van der Waals surface area contributed by atoms with Gasteiger partial charge in [0, 0.05) is 44.8 Å². The highest BCUT2D eigenvalue weighted by Gasteiger charge is 2.21. The van der Waals surface area contributed by atoms with Crippen LogP contribution in [-0.4, -0.2) is 54.6 Å². The monoisotopic (exact) mass is 227 g/mol. The van der Waals surface area contributed by atoms with Crippen LogP contribution in [0.4, 0.5) is 0 Å². The molecule has 0 bridgehead atoms. The fourth-order valence-electron chi connectivity index (χ4n) is 2.15. The van der Waals surface area contributed by atoms with E-state index in [1.165, 1.54) is 32.6 Å². The molecule has 1 heterocycles. The molecule has 0 amide bonds. The van der Waals surface area contributed by atoms with E-state index in [1.54, 1.807) is 0 Å². The summed E-state index contributed by atoms with van der Waals surface area (Å²) in [5, 5.41) is 0. The minimum Gasteiger partial charge on any atom is -0.326 e. The second-order valence-corrected chi connectivity index (χ2v) is 5.50. The number of hydrogen-bond donors (Lipinski definition) is 1. The van der Waals surface area contributed by atoms with Crippen molar-refractivity contribution < 1.29 is 0 Å². The van der Waals surface area contributed by atoms with E-state index in [9.17, 15) is 0 Å². The summed E-state index contributed by atoms with van der Waals surface area (Å²) >= 11 is 0. The zero-order chi connectivity index (χ0) is 12.1. The second kappa shape index (κ2) is 6.58. The normalized spacial score (nSPS) is 23.6. The minimum absolute atomic E-state index is 0.329. The lowest BCUT2D eigenvalue weighted by molar-refractivity contribution is 0.0935. The average Bonchev–Trinajstić information content (AvgIpc) is 2.28. The van der Waals surface area contributed by atoms with Gasteiger partial charge in [-0.25, -0.2) is 0 Å². The molecule has 2 unspecified atom stereocenters. The Morgan fingerprint density at radius 2 is 1.62 bits per heavy atom. The Bertz CT molecular complexity index is 186. The van der Waals surface area contributed by atoms with Gasteiger partial charge >= 0.3 is 0 Å². The van der Waals surface area contributed by atoms with E-state index < -0.39 is 0 Å². The van der Waals surface area contributed by atoms with E-state index >= 15 is 0 Å². The Labute approximate surface area is 101 Å². The number of hydrogen-bond acceptors (Lipinski definition) is 3. The number of nitrogens with zero attached hydrogens (tertiary/aromatic N) is 2. The van der Waals surface area contributed by atoms with Crippen molar-refractivity contribution in [2.75, 3.05) is 32.7 Å². The largest absolute Gasteiger partial charge is 0.326 e. The van der Waals surface area contributed by atoms with E-state index in [0.717, 1.165) is 12.6 Å². The molecule has 0 radical (unpaired) electrons. The van der Waals surface area contributed by atoms with Crippen molar-refractivity contribution in [2.45, 2.75) is 46.2 Å². The Balaban J connectivity index is 2.27. The van der Waals surface area contributed by atoms with Crippen molar-refractivity contribution >= 4 is 0 Å². The molecule has 2 N–H and O–H groups in total. The Kier molecular flexibility index (Phi) is 5.73. The quantitative estimate of drug-likeness (QED) is 0.770. The summed E-state index contributed by atoms with van der Waals surface area (Å²) in [7, 11) is 0. The van der Waals surface area contributed by atoms with Crippen molar-refractivity contribution in [1.29, 1.82) is 0 Å². The Morgan fingerprint density at radius 3 is 2.06 bits per heavy atom. The first-order valence-corrected chi connectivity index (χ1v) is 6.76. The first-order valence-electron chi connectivity index (χ1n) is 6.76. The molecule has 1 aliphatic rings. The number of piperazine rings is 1. The molecule has 0 aliphatic carbocycles. The molecule has 3 heteroatoms. The van der Waals surface area contributed by atoms with Gasteiger partial charge in [-0.05, 0) is 19.3 Å². The van der Waals surface area contributed by atoms with Crippen molar-refractivity contribution in [2.24, 2.45) is 11.7 Å². The van der Waals surface area contributed by atoms with Gasteiger partial charge in [-0.3, -0.25) is 9.80 Å². The molecule has 1 saturated heterocycles. The second-order valence-electron chi connectivity index (χ2n) is 5.50. The van der Waals surface area contributed by atoms with Crippen molar-refractivity contribution in [3.63, 3.8) is 0 Å². The Hall–Kier alpha value is -0.120. The maximum Gasteiger partial charge on any atom is 0.0191 e. The summed E-state index contributed by atoms with van der Waals surface area (Å²) < 4.78 is 0. The summed E-state index contributed by atoms with van der Waals surface area (Å²) in [6.45, 7) is 14.9. The molecule has 0 aromatic rings. The van der Waals surface area contributed by atoms with E-state index in [0.29, 0.717) is 12.0 Å². The van der Waals surface area contributed by atoms with Crippen molar-refractivity contribution in [3.05, 3.63) is 0 Å². The molecule has 96 valence electrons. The molecule has 2 atom stereocenters. The molecule has 3 nitrogen and oxygen atoms in total. The van der Waals surface area contributed by atoms with Crippen LogP contribution in [0.2, 0.25) is 0 Å². The smallest absolute Gasteiger partial charge is 0.0191 e. The van der Waals surface area contributed by atoms with Gasteiger partial charge in [-0.15, -0.1) is 0 Å². The van der Waals surface area contributed by atoms with Crippen LogP contribution in [0, 0.1) is 5.92 Å². The maximum absolute atomic E-state index is 6.11. The highest BCUT2D eigenvalue weighted by Crippen LogP contribution is 2.10. The van der Waals surface area contributed by atoms with Gasteiger partial charge in [0.2, 0.25) is 0 Å². The lowest BCUT2D eigenvalue weighted by Crippen LogP contribution is -2.52. The van der Waals surface area contributed by atoms with Crippen LogP contribution in [0.25, 0.3) is 0 Å². The van der Waals surface area contributed by atoms with E-state index in [1.807, 2.05) is 0 Å². The molecule has 0 aromatic heterocycles. The molecule has 0 saturated carbocycles. The van der Waals surface area contributed by atoms with E-state index in [2.05, 4.69) is 37.5 Å². The molecule has 16 heavy (non-hydrogen) atoms. The summed E-state index contributed by atoms with van der Waals surface area (Å²) in [5.41, 5.74) is 6.11. The molecular weight excluding hydrogens is 198 g/mol. The van der Waals surface area contributed by atoms with Crippen LogP contribution < -0.4 is 5.73 Å². The van der Waals surface area contributed by atoms with E-state index in [4.69, 9.17) is 5.73 Å². The maximum atomic E-state index is 6.11. The Morgan fingerprint density at radius 1 is 1.06 bits per heavy atom. The van der Waals surface area contributed by atoms with Crippen LogP contribution in [0.15, 0.2) is 0 Å². The van der Waals surface area contributed by atoms with Crippen LogP contribution in [0.3, 0.4) is 0 Å². The lowest BCUT2D eigenvalue weighted by Gasteiger charge is -2.39. The van der Waals surface area contributed by atoms with Crippen molar-refractivity contribution in [1.82, 2.24) is 9.80 Å². The summed E-state index contributed by atoms with van der Waals surface area (Å²) in [6.07, 6.45) is 1.26. The van der Waals surface area contributed by atoms with Crippen LogP contribution in [-0.2, 0) is 0 Å². The first-order chi connectivity index (χ1) is 7.54. The van der Waals surface area contributed by atoms with Gasteiger partial charge in [0.05, 0.1) is 0 Å². The SMILES string of the molecule is CCC(C)N1CCN(CC(N)C(C)C)CC1. The average molecular weight is 227 g/mol. The van der Waals surface area contributed by atoms with Gasteiger partial charge in [-0.1, -0.05) is 20.8 Å². The summed E-state index contributed by atoms with van der Waals surface area (Å²) in [4.78, 5) is 5.11. The molecule has 1 fully saturated rings. The molecular formula is C13H29N3. The third kappa shape index (κ3) is 4.04. The van der Waals surface area contributed by atoms with Gasteiger partial charge in [0.15, 0.2) is 0 Å².